The molecule has 1 fully saturated rings. The van der Waals surface area contributed by atoms with Crippen LogP contribution in [0.15, 0.2) is 24.5 Å². The van der Waals surface area contributed by atoms with Gasteiger partial charge in [-0.25, -0.2) is 14.8 Å². The quantitative estimate of drug-likeness (QED) is 0.365. The van der Waals surface area contributed by atoms with Gasteiger partial charge in [0.1, 0.15) is 5.56 Å². The van der Waals surface area contributed by atoms with E-state index in [0.717, 1.165) is 19.0 Å². The number of amides is 1. The molecule has 1 saturated heterocycles. The highest BCUT2D eigenvalue weighted by atomic mass is 19.4. The maximum absolute atomic E-state index is 14.0. The van der Waals surface area contributed by atoms with Gasteiger partial charge in [0.2, 0.25) is 5.95 Å². The second-order valence-electron chi connectivity index (χ2n) is 9.22. The van der Waals surface area contributed by atoms with Crippen LogP contribution in [-0.4, -0.2) is 52.9 Å². The number of fused-ring (bicyclic) bond motifs is 1. The van der Waals surface area contributed by atoms with Crippen LogP contribution in [0, 0.1) is 0 Å². The molecule has 194 valence electrons. The van der Waals surface area contributed by atoms with Gasteiger partial charge in [0.25, 0.3) is 0 Å². The molecular formula is C24H29F3N6O3. The lowest BCUT2D eigenvalue weighted by molar-refractivity contribution is -0.137. The van der Waals surface area contributed by atoms with E-state index in [-0.39, 0.29) is 41.1 Å². The summed E-state index contributed by atoms with van der Waals surface area (Å²) in [4.78, 5) is 23.0. The first-order chi connectivity index (χ1) is 17.0. The molecule has 1 aliphatic heterocycles. The lowest BCUT2D eigenvalue weighted by atomic mass is 9.91. The standard InChI is InChI=1S/C24H29F3N6O3/c1-5-36-20-17(32-22(34)35-4)7-6-14-15(11-28-19(14)20)18-16(24(25,26)27)12-29-21(33-18)31-13-8-9-23(2,3)30-10-13/h6-7,11-13,28,30H,5,8-10H2,1-4H3,(H,32,34)(H,29,31,33). The van der Waals surface area contributed by atoms with Crippen molar-refractivity contribution in [3.8, 4) is 17.0 Å². The lowest BCUT2D eigenvalue weighted by Gasteiger charge is -2.36. The fourth-order valence-corrected chi connectivity index (χ4v) is 4.22. The van der Waals surface area contributed by atoms with E-state index in [1.807, 2.05) is 0 Å². The monoisotopic (exact) mass is 506 g/mol. The number of halogens is 3. The largest absolute Gasteiger partial charge is 0.489 e. The lowest BCUT2D eigenvalue weighted by Crippen LogP contribution is -2.50. The second-order valence-corrected chi connectivity index (χ2v) is 9.22. The van der Waals surface area contributed by atoms with Crippen LogP contribution in [0.4, 0.5) is 29.6 Å². The van der Waals surface area contributed by atoms with Crippen molar-refractivity contribution in [1.29, 1.82) is 0 Å². The van der Waals surface area contributed by atoms with Gasteiger partial charge in [0.05, 0.1) is 30.6 Å². The summed E-state index contributed by atoms with van der Waals surface area (Å²) in [6.45, 7) is 6.89. The van der Waals surface area contributed by atoms with Crippen LogP contribution >= 0.6 is 0 Å². The number of ether oxygens (including phenoxy) is 2. The summed E-state index contributed by atoms with van der Waals surface area (Å²) in [5.41, 5.74) is -0.234. The predicted octanol–water partition coefficient (Wildman–Crippen LogP) is 5.16. The van der Waals surface area contributed by atoms with Gasteiger partial charge in [-0.1, -0.05) is 0 Å². The van der Waals surface area contributed by atoms with Gasteiger partial charge in [0.15, 0.2) is 5.75 Å². The predicted molar refractivity (Wildman–Crippen MR) is 130 cm³/mol. The van der Waals surface area contributed by atoms with Crippen molar-refractivity contribution < 1.29 is 27.4 Å². The molecule has 0 saturated carbocycles. The number of rotatable bonds is 6. The molecule has 9 nitrogen and oxygen atoms in total. The molecule has 2 aromatic heterocycles. The van der Waals surface area contributed by atoms with Gasteiger partial charge in [0, 0.05) is 41.5 Å². The van der Waals surface area contributed by atoms with Gasteiger partial charge < -0.3 is 25.1 Å². The van der Waals surface area contributed by atoms with E-state index in [1.165, 1.54) is 13.3 Å². The minimum atomic E-state index is -4.66. The van der Waals surface area contributed by atoms with Crippen molar-refractivity contribution in [3.63, 3.8) is 0 Å². The molecule has 1 aliphatic rings. The van der Waals surface area contributed by atoms with Crippen LogP contribution in [-0.2, 0) is 10.9 Å². The number of piperidine rings is 1. The Bertz CT molecular complexity index is 1250. The van der Waals surface area contributed by atoms with E-state index in [2.05, 4.69) is 49.5 Å². The third-order valence-electron chi connectivity index (χ3n) is 6.15. The summed E-state index contributed by atoms with van der Waals surface area (Å²) in [5.74, 6) is 0.399. The number of hydrogen-bond acceptors (Lipinski definition) is 7. The molecule has 1 amide bonds. The Morgan fingerprint density at radius 3 is 2.72 bits per heavy atom. The van der Waals surface area contributed by atoms with Gasteiger partial charge in [-0.05, 0) is 45.7 Å². The topological polar surface area (TPSA) is 113 Å². The molecule has 0 spiro atoms. The first kappa shape index (κ1) is 25.5. The fraction of sp³-hybridized carbons (Fsp3) is 0.458. The third-order valence-corrected chi connectivity index (χ3v) is 6.15. The molecular weight excluding hydrogens is 477 g/mol. The third kappa shape index (κ3) is 5.32. The molecule has 1 atom stereocenters. The molecule has 0 aliphatic carbocycles. The summed E-state index contributed by atoms with van der Waals surface area (Å²) in [6.07, 6.45) is -1.37. The zero-order chi connectivity index (χ0) is 26.1. The molecule has 4 rings (SSSR count). The van der Waals surface area contributed by atoms with Crippen LogP contribution in [0.25, 0.3) is 22.2 Å². The van der Waals surface area contributed by atoms with Crippen LogP contribution < -0.4 is 20.7 Å². The van der Waals surface area contributed by atoms with Crippen molar-refractivity contribution >= 4 is 28.6 Å². The number of anilines is 2. The van der Waals surface area contributed by atoms with E-state index in [0.29, 0.717) is 23.1 Å². The summed E-state index contributed by atoms with van der Waals surface area (Å²) in [7, 11) is 1.23. The summed E-state index contributed by atoms with van der Waals surface area (Å²) < 4.78 is 52.2. The number of aromatic nitrogens is 3. The number of hydrogen-bond donors (Lipinski definition) is 4. The van der Waals surface area contributed by atoms with Crippen molar-refractivity contribution in [2.45, 2.75) is 51.4 Å². The maximum atomic E-state index is 14.0. The molecule has 12 heteroatoms. The first-order valence-corrected chi connectivity index (χ1v) is 11.6. The van der Waals surface area contributed by atoms with Crippen molar-refractivity contribution in [2.24, 2.45) is 0 Å². The summed E-state index contributed by atoms with van der Waals surface area (Å²) in [6, 6.07) is 3.13. The number of nitrogens with zero attached hydrogens (tertiary/aromatic N) is 2. The van der Waals surface area contributed by atoms with Crippen molar-refractivity contribution in [2.75, 3.05) is 30.9 Å². The summed E-state index contributed by atoms with van der Waals surface area (Å²) in [5, 5.41) is 9.59. The fourth-order valence-electron chi connectivity index (χ4n) is 4.22. The highest BCUT2D eigenvalue weighted by Crippen LogP contribution is 2.42. The SMILES string of the molecule is CCOc1c(NC(=O)OC)ccc2c(-c3nc(NC4CCC(C)(C)NC4)ncc3C(F)(F)F)c[nH]c12. The number of carbonyl (C=O) groups is 1. The Hall–Kier alpha value is -3.54. The Balaban J connectivity index is 1.76. The Kier molecular flexibility index (Phi) is 6.98. The van der Waals surface area contributed by atoms with E-state index < -0.39 is 17.8 Å². The van der Waals surface area contributed by atoms with E-state index >= 15 is 0 Å². The second kappa shape index (κ2) is 9.84. The zero-order valence-corrected chi connectivity index (χ0v) is 20.5. The van der Waals surface area contributed by atoms with Crippen molar-refractivity contribution in [3.05, 3.63) is 30.1 Å². The Morgan fingerprint density at radius 1 is 1.31 bits per heavy atom. The molecule has 0 radical (unpaired) electrons. The van der Waals surface area contributed by atoms with Crippen molar-refractivity contribution in [1.82, 2.24) is 20.3 Å². The number of alkyl halides is 3. The van der Waals surface area contributed by atoms with E-state index in [9.17, 15) is 18.0 Å². The van der Waals surface area contributed by atoms with E-state index in [4.69, 9.17) is 4.74 Å². The molecule has 3 aromatic rings. The number of aromatic amines is 1. The summed E-state index contributed by atoms with van der Waals surface area (Å²) >= 11 is 0. The Labute approximate surface area is 206 Å². The number of H-pyrrole nitrogens is 1. The maximum Gasteiger partial charge on any atom is 0.419 e. The van der Waals surface area contributed by atoms with Gasteiger partial charge in [-0.2, -0.15) is 13.2 Å². The van der Waals surface area contributed by atoms with Crippen LogP contribution in [0.1, 0.15) is 39.2 Å². The molecule has 1 aromatic carbocycles. The minimum Gasteiger partial charge on any atom is -0.489 e. The van der Waals surface area contributed by atoms with Crippen LogP contribution in [0.2, 0.25) is 0 Å². The normalized spacial score (nSPS) is 17.6. The number of carbonyl (C=O) groups excluding carboxylic acids is 1. The molecule has 36 heavy (non-hydrogen) atoms. The molecule has 1 unspecified atom stereocenters. The average Bonchev–Trinajstić information content (AvgIpc) is 3.25. The van der Waals surface area contributed by atoms with Gasteiger partial charge >= 0.3 is 12.3 Å². The van der Waals surface area contributed by atoms with Crippen LogP contribution in [0.3, 0.4) is 0 Å². The number of methoxy groups -OCH3 is 1. The minimum absolute atomic E-state index is 0.00816. The first-order valence-electron chi connectivity index (χ1n) is 11.6. The number of benzene rings is 1. The van der Waals surface area contributed by atoms with Crippen LogP contribution in [0.5, 0.6) is 5.75 Å². The van der Waals surface area contributed by atoms with E-state index in [1.54, 1.807) is 19.1 Å². The zero-order valence-electron chi connectivity index (χ0n) is 20.5. The average molecular weight is 507 g/mol. The smallest absolute Gasteiger partial charge is 0.419 e. The highest BCUT2D eigenvalue weighted by molar-refractivity contribution is 6.03. The number of nitrogens with one attached hydrogen (secondary N) is 4. The highest BCUT2D eigenvalue weighted by Gasteiger charge is 2.36. The van der Waals surface area contributed by atoms with Gasteiger partial charge in [-0.3, -0.25) is 5.32 Å². The molecule has 0 bridgehead atoms. The Morgan fingerprint density at radius 2 is 2.08 bits per heavy atom. The molecule has 4 N–H and O–H groups in total. The molecule has 3 heterocycles. The van der Waals surface area contributed by atoms with Gasteiger partial charge in [-0.15, -0.1) is 0 Å².